The molecule has 0 saturated carbocycles. The number of anilines is 1. The Kier molecular flexibility index (Phi) is 4.18. The van der Waals surface area contributed by atoms with Crippen molar-refractivity contribution in [2.75, 3.05) is 4.90 Å². The number of carbonyl (C=O) groups is 3. The minimum absolute atomic E-state index is 0.159. The lowest BCUT2D eigenvalue weighted by atomic mass is 10.1. The summed E-state index contributed by atoms with van der Waals surface area (Å²) in [6.45, 7) is 0. The van der Waals surface area contributed by atoms with Gasteiger partial charge in [0.05, 0.1) is 22.4 Å². The van der Waals surface area contributed by atoms with Crippen molar-refractivity contribution < 1.29 is 23.9 Å². The van der Waals surface area contributed by atoms with Crippen molar-refractivity contribution >= 4 is 23.5 Å². The number of benzene rings is 3. The maximum absolute atomic E-state index is 12.6. The molecular weight excluding hydrogens is 398 g/mol. The molecule has 1 aliphatic rings. The fourth-order valence-electron chi connectivity index (χ4n) is 3.39. The molecule has 8 nitrogen and oxygen atoms in total. The van der Waals surface area contributed by atoms with Gasteiger partial charge in [-0.3, -0.25) is 9.59 Å². The van der Waals surface area contributed by atoms with Gasteiger partial charge in [0.25, 0.3) is 11.8 Å². The first-order valence-electron chi connectivity index (χ1n) is 9.28. The van der Waals surface area contributed by atoms with Crippen LogP contribution in [0, 0.1) is 0 Å². The van der Waals surface area contributed by atoms with E-state index in [1.165, 1.54) is 12.1 Å². The van der Waals surface area contributed by atoms with Crippen molar-refractivity contribution in [3.05, 3.63) is 89.5 Å². The molecule has 0 radical (unpaired) electrons. The molecule has 0 bridgehead atoms. The summed E-state index contributed by atoms with van der Waals surface area (Å²) in [5, 5.41) is 17.0. The number of aromatic carboxylic acids is 1. The number of hydrogen-bond donors (Lipinski definition) is 1. The largest absolute Gasteiger partial charge is 0.478 e. The molecule has 1 N–H and O–H groups in total. The van der Waals surface area contributed by atoms with Gasteiger partial charge in [-0.05, 0) is 60.7 Å². The van der Waals surface area contributed by atoms with Crippen molar-refractivity contribution in [1.29, 1.82) is 0 Å². The fourth-order valence-corrected chi connectivity index (χ4v) is 3.39. The van der Waals surface area contributed by atoms with Crippen LogP contribution < -0.4 is 4.90 Å². The highest BCUT2D eigenvalue weighted by Gasteiger charge is 2.36. The van der Waals surface area contributed by atoms with Crippen LogP contribution in [0.1, 0.15) is 31.1 Å². The SMILES string of the molecule is O=C(O)c1ccc(-c2nnc(-c3ccc(N4C(=O)c5ccccc5C4=O)cc3)o2)cc1. The highest BCUT2D eigenvalue weighted by molar-refractivity contribution is 6.34. The van der Waals surface area contributed by atoms with E-state index in [2.05, 4.69) is 10.2 Å². The third-order valence-corrected chi connectivity index (χ3v) is 4.97. The van der Waals surface area contributed by atoms with Crippen molar-refractivity contribution in [2.45, 2.75) is 0 Å². The second kappa shape index (κ2) is 7.03. The Morgan fingerprint density at radius 1 is 0.742 bits per heavy atom. The molecule has 0 spiro atoms. The van der Waals surface area contributed by atoms with Crippen LogP contribution in [0.25, 0.3) is 22.9 Å². The first kappa shape index (κ1) is 18.4. The van der Waals surface area contributed by atoms with Gasteiger partial charge in [0.1, 0.15) is 0 Å². The average molecular weight is 411 g/mol. The summed E-state index contributed by atoms with van der Waals surface area (Å²) in [4.78, 5) is 37.3. The Hall–Kier alpha value is -4.59. The number of rotatable bonds is 4. The monoisotopic (exact) mass is 411 g/mol. The summed E-state index contributed by atoms with van der Waals surface area (Å²) in [7, 11) is 0. The summed E-state index contributed by atoms with van der Waals surface area (Å²) < 4.78 is 5.70. The Morgan fingerprint density at radius 2 is 1.23 bits per heavy atom. The first-order valence-corrected chi connectivity index (χ1v) is 9.28. The number of nitrogens with zero attached hydrogens (tertiary/aromatic N) is 3. The average Bonchev–Trinajstić information content (AvgIpc) is 3.38. The van der Waals surface area contributed by atoms with E-state index in [9.17, 15) is 14.4 Å². The number of imide groups is 1. The molecule has 0 aliphatic carbocycles. The number of carboxylic acids is 1. The normalized spacial score (nSPS) is 12.8. The quantitative estimate of drug-likeness (QED) is 0.507. The standard InChI is InChI=1S/C23H13N3O5/c27-21-17-3-1-2-4-18(17)22(28)26(21)16-11-9-14(10-12-16)20-25-24-19(31-20)13-5-7-15(8-6-13)23(29)30/h1-12H,(H,29,30). The van der Waals surface area contributed by atoms with Crippen LogP contribution in [-0.4, -0.2) is 33.1 Å². The third kappa shape index (κ3) is 3.06. The molecular formula is C23H13N3O5. The second-order valence-electron chi connectivity index (χ2n) is 6.83. The molecule has 0 saturated heterocycles. The Morgan fingerprint density at radius 3 is 1.71 bits per heavy atom. The van der Waals surface area contributed by atoms with Crippen LogP contribution in [0.15, 0.2) is 77.2 Å². The predicted molar refractivity (Wildman–Crippen MR) is 110 cm³/mol. The van der Waals surface area contributed by atoms with Gasteiger partial charge in [-0.1, -0.05) is 12.1 Å². The molecule has 3 aromatic carbocycles. The molecule has 5 rings (SSSR count). The Bertz CT molecular complexity index is 1310. The number of hydrogen-bond acceptors (Lipinski definition) is 6. The molecule has 1 aliphatic heterocycles. The van der Waals surface area contributed by atoms with Gasteiger partial charge in [0, 0.05) is 11.1 Å². The summed E-state index contributed by atoms with van der Waals surface area (Å²) in [5.41, 5.74) is 2.57. The van der Waals surface area contributed by atoms with Crippen LogP contribution >= 0.6 is 0 Å². The third-order valence-electron chi connectivity index (χ3n) is 4.97. The first-order chi connectivity index (χ1) is 15.0. The highest BCUT2D eigenvalue weighted by Crippen LogP contribution is 2.30. The van der Waals surface area contributed by atoms with E-state index >= 15 is 0 Å². The lowest BCUT2D eigenvalue weighted by molar-refractivity contribution is 0.0696. The zero-order valence-corrected chi connectivity index (χ0v) is 15.9. The molecule has 8 heteroatoms. The fraction of sp³-hybridized carbons (Fsp3) is 0. The molecule has 2 amide bonds. The van der Waals surface area contributed by atoms with E-state index in [-0.39, 0.29) is 29.2 Å². The smallest absolute Gasteiger partial charge is 0.335 e. The zero-order valence-electron chi connectivity index (χ0n) is 15.9. The lowest BCUT2D eigenvalue weighted by Crippen LogP contribution is -2.29. The molecule has 0 unspecified atom stereocenters. The van der Waals surface area contributed by atoms with E-state index in [0.29, 0.717) is 27.9 Å². The van der Waals surface area contributed by atoms with Crippen LogP contribution in [0.3, 0.4) is 0 Å². The Labute approximate surface area is 175 Å². The van der Waals surface area contributed by atoms with Crippen molar-refractivity contribution in [3.8, 4) is 22.9 Å². The van der Waals surface area contributed by atoms with Gasteiger partial charge in [0.15, 0.2) is 0 Å². The topological polar surface area (TPSA) is 114 Å². The van der Waals surface area contributed by atoms with E-state index in [1.54, 1.807) is 60.7 Å². The van der Waals surface area contributed by atoms with Gasteiger partial charge in [0.2, 0.25) is 11.8 Å². The zero-order chi connectivity index (χ0) is 21.5. The van der Waals surface area contributed by atoms with Gasteiger partial charge in [-0.15, -0.1) is 10.2 Å². The number of aromatic nitrogens is 2. The maximum Gasteiger partial charge on any atom is 0.335 e. The van der Waals surface area contributed by atoms with Gasteiger partial charge in [-0.2, -0.15) is 0 Å². The molecule has 4 aromatic rings. The molecule has 31 heavy (non-hydrogen) atoms. The van der Waals surface area contributed by atoms with Crippen molar-refractivity contribution in [1.82, 2.24) is 10.2 Å². The van der Waals surface area contributed by atoms with Crippen LogP contribution in [-0.2, 0) is 0 Å². The van der Waals surface area contributed by atoms with Crippen LogP contribution in [0.4, 0.5) is 5.69 Å². The van der Waals surface area contributed by atoms with Crippen molar-refractivity contribution in [3.63, 3.8) is 0 Å². The number of fused-ring (bicyclic) bond motifs is 1. The Balaban J connectivity index is 1.40. The number of carbonyl (C=O) groups excluding carboxylic acids is 2. The molecule has 1 aromatic heterocycles. The summed E-state index contributed by atoms with van der Waals surface area (Å²) in [6, 6.07) is 19.4. The van der Waals surface area contributed by atoms with E-state index in [0.717, 1.165) is 4.90 Å². The van der Waals surface area contributed by atoms with E-state index in [1.807, 2.05) is 0 Å². The molecule has 0 fully saturated rings. The molecule has 150 valence electrons. The molecule has 2 heterocycles. The number of amides is 2. The summed E-state index contributed by atoms with van der Waals surface area (Å²) in [5.74, 6) is -1.24. The van der Waals surface area contributed by atoms with Crippen molar-refractivity contribution in [2.24, 2.45) is 0 Å². The highest BCUT2D eigenvalue weighted by atomic mass is 16.4. The maximum atomic E-state index is 12.6. The van der Waals surface area contributed by atoms with E-state index < -0.39 is 5.97 Å². The minimum atomic E-state index is -1.02. The van der Waals surface area contributed by atoms with Gasteiger partial charge < -0.3 is 9.52 Å². The number of carboxylic acid groups (broad SMARTS) is 1. The summed E-state index contributed by atoms with van der Waals surface area (Å²) in [6.07, 6.45) is 0. The van der Waals surface area contributed by atoms with Gasteiger partial charge >= 0.3 is 5.97 Å². The predicted octanol–water partition coefficient (Wildman–Crippen LogP) is 3.90. The molecule has 0 atom stereocenters. The summed E-state index contributed by atoms with van der Waals surface area (Å²) >= 11 is 0. The van der Waals surface area contributed by atoms with Crippen LogP contribution in [0.5, 0.6) is 0 Å². The van der Waals surface area contributed by atoms with E-state index in [4.69, 9.17) is 9.52 Å². The lowest BCUT2D eigenvalue weighted by Gasteiger charge is -2.13. The van der Waals surface area contributed by atoms with Gasteiger partial charge in [-0.25, -0.2) is 9.69 Å². The minimum Gasteiger partial charge on any atom is -0.478 e. The second-order valence-corrected chi connectivity index (χ2v) is 6.83. The van der Waals surface area contributed by atoms with Crippen LogP contribution in [0.2, 0.25) is 0 Å².